The molecule has 0 aliphatic carbocycles. The third-order valence-electron chi connectivity index (χ3n) is 3.15. The number of benzene rings is 1. The largest absolute Gasteiger partial charge is 0.354 e. The summed E-state index contributed by atoms with van der Waals surface area (Å²) in [7, 11) is 0. The van der Waals surface area contributed by atoms with Crippen LogP contribution in [0, 0.1) is 0 Å². The number of nitrogens with two attached hydrogens (primary N) is 1. The highest BCUT2D eigenvalue weighted by Crippen LogP contribution is 2.18. The minimum Gasteiger partial charge on any atom is -0.354 e. The number of halogens is 2. The van der Waals surface area contributed by atoms with Crippen LogP contribution < -0.4 is 11.1 Å². The summed E-state index contributed by atoms with van der Waals surface area (Å²) in [6.07, 6.45) is 2.01. The predicted molar refractivity (Wildman–Crippen MR) is 91.6 cm³/mol. The van der Waals surface area contributed by atoms with Crippen molar-refractivity contribution < 1.29 is 9.32 Å². The highest BCUT2D eigenvalue weighted by Gasteiger charge is 2.13. The number of nitrogens with zero attached hydrogens (tertiary/aromatic N) is 2. The maximum atomic E-state index is 11.7. The molecule has 1 aromatic heterocycles. The predicted octanol–water partition coefficient (Wildman–Crippen LogP) is 2.60. The monoisotopic (exact) mass is 358 g/mol. The van der Waals surface area contributed by atoms with Gasteiger partial charge in [-0.1, -0.05) is 30.1 Å². The van der Waals surface area contributed by atoms with E-state index in [0.29, 0.717) is 36.1 Å². The van der Waals surface area contributed by atoms with Crippen molar-refractivity contribution in [3.8, 4) is 11.4 Å². The zero-order chi connectivity index (χ0) is 15.9. The van der Waals surface area contributed by atoms with Crippen molar-refractivity contribution in [2.75, 3.05) is 6.54 Å². The summed E-state index contributed by atoms with van der Waals surface area (Å²) >= 11 is 5.84. The van der Waals surface area contributed by atoms with E-state index in [1.807, 2.05) is 19.1 Å². The Balaban J connectivity index is 0.00000264. The first-order valence-corrected chi connectivity index (χ1v) is 7.59. The van der Waals surface area contributed by atoms with Crippen LogP contribution in [0.15, 0.2) is 28.8 Å². The van der Waals surface area contributed by atoms with Crippen molar-refractivity contribution in [1.82, 2.24) is 15.5 Å². The molecular formula is C15H20Cl2N4O2. The molecule has 1 amide bonds. The van der Waals surface area contributed by atoms with Crippen LogP contribution in [0.4, 0.5) is 0 Å². The van der Waals surface area contributed by atoms with Crippen LogP contribution >= 0.6 is 24.0 Å². The van der Waals surface area contributed by atoms with Crippen LogP contribution in [-0.4, -0.2) is 28.6 Å². The number of nitrogens with one attached hydrogen (secondary N) is 1. The molecule has 0 aliphatic rings. The number of carbonyl (C=O) groups is 1. The van der Waals surface area contributed by atoms with Gasteiger partial charge in [-0.15, -0.1) is 12.4 Å². The Morgan fingerprint density at radius 2 is 2.09 bits per heavy atom. The fourth-order valence-electron chi connectivity index (χ4n) is 1.94. The van der Waals surface area contributed by atoms with Crippen molar-refractivity contribution in [3.63, 3.8) is 0 Å². The van der Waals surface area contributed by atoms with Crippen molar-refractivity contribution in [2.24, 2.45) is 5.73 Å². The Morgan fingerprint density at radius 3 is 2.74 bits per heavy atom. The summed E-state index contributed by atoms with van der Waals surface area (Å²) < 4.78 is 5.16. The number of rotatable bonds is 7. The minimum atomic E-state index is -0.461. The lowest BCUT2D eigenvalue weighted by atomic mass is 10.2. The zero-order valence-electron chi connectivity index (χ0n) is 12.8. The van der Waals surface area contributed by atoms with E-state index in [9.17, 15) is 4.79 Å². The second kappa shape index (κ2) is 9.50. The first-order chi connectivity index (χ1) is 10.6. The van der Waals surface area contributed by atoms with Gasteiger partial charge in [0, 0.05) is 23.6 Å². The van der Waals surface area contributed by atoms with Crippen molar-refractivity contribution in [1.29, 1.82) is 0 Å². The number of carbonyl (C=O) groups excluding carboxylic acids is 1. The van der Waals surface area contributed by atoms with Gasteiger partial charge in [-0.2, -0.15) is 4.98 Å². The molecule has 1 aromatic carbocycles. The smallest absolute Gasteiger partial charge is 0.236 e. The summed E-state index contributed by atoms with van der Waals surface area (Å²) in [5, 5.41) is 7.33. The average Bonchev–Trinajstić information content (AvgIpc) is 2.97. The average molecular weight is 359 g/mol. The molecule has 126 valence electrons. The molecule has 2 rings (SSSR count). The van der Waals surface area contributed by atoms with E-state index in [1.165, 1.54) is 0 Å². The first-order valence-electron chi connectivity index (χ1n) is 7.22. The van der Waals surface area contributed by atoms with Crippen LogP contribution in [0.25, 0.3) is 11.4 Å². The molecule has 2 aromatic rings. The molecular weight excluding hydrogens is 339 g/mol. The summed E-state index contributed by atoms with van der Waals surface area (Å²) in [6, 6.07) is 6.72. The van der Waals surface area contributed by atoms with E-state index in [4.69, 9.17) is 21.9 Å². The number of amides is 1. The van der Waals surface area contributed by atoms with Gasteiger partial charge in [0.15, 0.2) is 0 Å². The lowest BCUT2D eigenvalue weighted by Crippen LogP contribution is -2.41. The Kier molecular flexibility index (Phi) is 8.02. The lowest BCUT2D eigenvalue weighted by Gasteiger charge is -2.09. The highest BCUT2D eigenvalue weighted by molar-refractivity contribution is 6.30. The number of hydrogen-bond acceptors (Lipinski definition) is 5. The molecule has 0 spiro atoms. The Labute approximate surface area is 146 Å². The van der Waals surface area contributed by atoms with Gasteiger partial charge in [0.2, 0.25) is 17.6 Å². The third kappa shape index (κ3) is 5.82. The van der Waals surface area contributed by atoms with Crippen LogP contribution in [0.3, 0.4) is 0 Å². The van der Waals surface area contributed by atoms with Gasteiger partial charge >= 0.3 is 0 Å². The van der Waals surface area contributed by atoms with Crippen LogP contribution in [0.5, 0.6) is 0 Å². The maximum Gasteiger partial charge on any atom is 0.236 e. The standard InChI is InChI=1S/C15H19ClN4O2.ClH/c1-2-3-12(17)15(21)18-9-8-13-19-14(20-22-13)10-4-6-11(16)7-5-10;/h4-7,12H,2-3,8-9,17H2,1H3,(H,18,21);1H. The van der Waals surface area contributed by atoms with Gasteiger partial charge in [0.1, 0.15) is 0 Å². The van der Waals surface area contributed by atoms with E-state index in [0.717, 1.165) is 12.0 Å². The SMILES string of the molecule is CCCC(N)C(=O)NCCc1nc(-c2ccc(Cl)cc2)no1.Cl. The van der Waals surface area contributed by atoms with Crippen molar-refractivity contribution in [2.45, 2.75) is 32.2 Å². The summed E-state index contributed by atoms with van der Waals surface area (Å²) in [5.74, 6) is 0.814. The van der Waals surface area contributed by atoms with E-state index in [-0.39, 0.29) is 18.3 Å². The number of aromatic nitrogens is 2. The molecule has 0 saturated carbocycles. The molecule has 1 unspecified atom stereocenters. The Bertz CT molecular complexity index is 616. The topological polar surface area (TPSA) is 94.0 Å². The molecule has 6 nitrogen and oxygen atoms in total. The van der Waals surface area contributed by atoms with Crippen LogP contribution in [-0.2, 0) is 11.2 Å². The van der Waals surface area contributed by atoms with Crippen molar-refractivity contribution >= 4 is 29.9 Å². The lowest BCUT2D eigenvalue weighted by molar-refractivity contribution is -0.122. The van der Waals surface area contributed by atoms with Gasteiger partial charge < -0.3 is 15.6 Å². The Hall–Kier alpha value is -1.63. The van der Waals surface area contributed by atoms with Gasteiger partial charge in [-0.3, -0.25) is 4.79 Å². The van der Waals surface area contributed by atoms with E-state index >= 15 is 0 Å². The molecule has 0 fully saturated rings. The van der Waals surface area contributed by atoms with Crippen LogP contribution in [0.1, 0.15) is 25.7 Å². The zero-order valence-corrected chi connectivity index (χ0v) is 14.4. The van der Waals surface area contributed by atoms with Crippen molar-refractivity contribution in [3.05, 3.63) is 35.2 Å². The summed E-state index contributed by atoms with van der Waals surface area (Å²) in [5.41, 5.74) is 6.55. The second-order valence-corrected chi connectivity index (χ2v) is 5.39. The second-order valence-electron chi connectivity index (χ2n) is 4.95. The van der Waals surface area contributed by atoms with Gasteiger partial charge in [-0.05, 0) is 30.7 Å². The normalized spacial score (nSPS) is 11.6. The van der Waals surface area contributed by atoms with Crippen LogP contribution in [0.2, 0.25) is 5.02 Å². The molecule has 3 N–H and O–H groups in total. The quantitative estimate of drug-likeness (QED) is 0.793. The van der Waals surface area contributed by atoms with Gasteiger partial charge in [-0.25, -0.2) is 0 Å². The molecule has 0 bridgehead atoms. The molecule has 0 aliphatic heterocycles. The molecule has 0 radical (unpaired) electrons. The molecule has 8 heteroatoms. The maximum absolute atomic E-state index is 11.7. The van der Waals surface area contributed by atoms with E-state index in [1.54, 1.807) is 12.1 Å². The first kappa shape index (κ1) is 19.4. The fourth-order valence-corrected chi connectivity index (χ4v) is 2.06. The summed E-state index contributed by atoms with van der Waals surface area (Å²) in [4.78, 5) is 16.0. The highest BCUT2D eigenvalue weighted by atomic mass is 35.5. The third-order valence-corrected chi connectivity index (χ3v) is 3.40. The molecule has 23 heavy (non-hydrogen) atoms. The Morgan fingerprint density at radius 1 is 1.39 bits per heavy atom. The van der Waals surface area contributed by atoms with E-state index < -0.39 is 6.04 Å². The molecule has 1 atom stereocenters. The fraction of sp³-hybridized carbons (Fsp3) is 0.400. The van der Waals surface area contributed by atoms with Gasteiger partial charge in [0.25, 0.3) is 0 Å². The molecule has 0 saturated heterocycles. The van der Waals surface area contributed by atoms with E-state index in [2.05, 4.69) is 15.5 Å². The summed E-state index contributed by atoms with van der Waals surface area (Å²) in [6.45, 7) is 2.41. The molecule has 1 heterocycles. The number of hydrogen-bond donors (Lipinski definition) is 2. The minimum absolute atomic E-state index is 0. The van der Waals surface area contributed by atoms with Gasteiger partial charge in [0.05, 0.1) is 6.04 Å².